The van der Waals surface area contributed by atoms with Crippen molar-refractivity contribution in [1.82, 2.24) is 0 Å². The highest BCUT2D eigenvalue weighted by Crippen LogP contribution is 2.12. The summed E-state index contributed by atoms with van der Waals surface area (Å²) in [7, 11) is 5.82. The van der Waals surface area contributed by atoms with Crippen molar-refractivity contribution in [2.75, 3.05) is 27.7 Å². The molecular formula is C19H38ClNO4. The van der Waals surface area contributed by atoms with E-state index in [1.54, 1.807) is 0 Å². The third-order valence-electron chi connectivity index (χ3n) is 3.93. The summed E-state index contributed by atoms with van der Waals surface area (Å²) in [6, 6.07) is 0. The van der Waals surface area contributed by atoms with E-state index in [9.17, 15) is 14.7 Å². The topological polar surface area (TPSA) is 66.4 Å². The molecule has 1 unspecified atom stereocenters. The van der Waals surface area contributed by atoms with Crippen molar-refractivity contribution in [2.24, 2.45) is 0 Å². The van der Waals surface area contributed by atoms with Gasteiger partial charge in [0.25, 0.3) is 0 Å². The Morgan fingerprint density at radius 1 is 0.920 bits per heavy atom. The van der Waals surface area contributed by atoms with E-state index in [2.05, 4.69) is 6.92 Å². The molecule has 0 aromatic carbocycles. The monoisotopic (exact) mass is 379 g/mol. The number of quaternary nitrogens is 1. The molecule has 0 aromatic heterocycles. The van der Waals surface area contributed by atoms with Gasteiger partial charge < -0.3 is 19.1 Å². The van der Waals surface area contributed by atoms with Crippen molar-refractivity contribution in [3.63, 3.8) is 0 Å². The molecule has 0 heterocycles. The Balaban J connectivity index is 0. The molecule has 0 saturated carbocycles. The van der Waals surface area contributed by atoms with Gasteiger partial charge in [-0.3, -0.25) is 4.79 Å². The van der Waals surface area contributed by atoms with Gasteiger partial charge in [-0.05, 0) is 6.42 Å². The van der Waals surface area contributed by atoms with E-state index in [1.807, 2.05) is 21.1 Å². The Bertz CT molecular complexity index is 356. The van der Waals surface area contributed by atoms with Crippen LogP contribution in [0.15, 0.2) is 0 Å². The van der Waals surface area contributed by atoms with E-state index in [0.29, 0.717) is 17.4 Å². The van der Waals surface area contributed by atoms with Crippen molar-refractivity contribution in [3.8, 4) is 0 Å². The van der Waals surface area contributed by atoms with E-state index in [4.69, 9.17) is 4.74 Å². The first kappa shape index (κ1) is 26.4. The molecule has 0 aliphatic heterocycles. The number of halogens is 1. The number of carboxylic acid groups (broad SMARTS) is 1. The number of nitrogens with zero attached hydrogens (tertiary/aromatic N) is 1. The summed E-state index contributed by atoms with van der Waals surface area (Å²) < 4.78 is 5.88. The average molecular weight is 380 g/mol. The van der Waals surface area contributed by atoms with Gasteiger partial charge in [-0.1, -0.05) is 58.3 Å². The molecule has 0 radical (unpaired) electrons. The van der Waals surface area contributed by atoms with Crippen LogP contribution >= 0.6 is 12.4 Å². The molecule has 0 aliphatic rings. The molecule has 0 N–H and O–H groups in total. The maximum absolute atomic E-state index is 11.9. The molecule has 1 atom stereocenters. The second kappa shape index (κ2) is 15.4. The van der Waals surface area contributed by atoms with Crippen LogP contribution < -0.4 is 5.11 Å². The Morgan fingerprint density at radius 2 is 1.40 bits per heavy atom. The quantitative estimate of drug-likeness (QED) is 0.249. The van der Waals surface area contributed by atoms with E-state index < -0.39 is 12.1 Å². The van der Waals surface area contributed by atoms with Crippen LogP contribution in [0.4, 0.5) is 0 Å². The minimum atomic E-state index is -1.18. The highest BCUT2D eigenvalue weighted by atomic mass is 35.5. The molecule has 6 heteroatoms. The van der Waals surface area contributed by atoms with Gasteiger partial charge in [-0.15, -0.1) is 12.4 Å². The number of hydrogen-bond acceptors (Lipinski definition) is 4. The van der Waals surface area contributed by atoms with Crippen molar-refractivity contribution in [2.45, 2.75) is 83.7 Å². The van der Waals surface area contributed by atoms with Gasteiger partial charge in [0.1, 0.15) is 6.54 Å². The lowest BCUT2D eigenvalue weighted by molar-refractivity contribution is -0.873. The molecule has 0 amide bonds. The Hall–Kier alpha value is -0.810. The number of unbranched alkanes of at least 4 members (excludes halogenated alkanes) is 8. The third-order valence-corrected chi connectivity index (χ3v) is 3.93. The molecule has 0 rings (SSSR count). The summed E-state index contributed by atoms with van der Waals surface area (Å²) in [5, 5.41) is 10.8. The highest BCUT2D eigenvalue weighted by Gasteiger charge is 2.22. The predicted octanol–water partition coefficient (Wildman–Crippen LogP) is 3.09. The molecule has 5 nitrogen and oxygen atoms in total. The van der Waals surface area contributed by atoms with Crippen molar-refractivity contribution in [3.05, 3.63) is 0 Å². The third kappa shape index (κ3) is 19.4. The fraction of sp³-hybridized carbons (Fsp3) is 0.895. The lowest BCUT2D eigenvalue weighted by atomic mass is 10.1. The summed E-state index contributed by atoms with van der Waals surface area (Å²) in [5.74, 6) is -1.47. The van der Waals surface area contributed by atoms with Crippen LogP contribution in [0.3, 0.4) is 0 Å². The maximum Gasteiger partial charge on any atom is 0.306 e. The number of rotatable bonds is 15. The van der Waals surface area contributed by atoms with Crippen LogP contribution in [0, 0.1) is 0 Å². The number of carbonyl (C=O) groups is 2. The second-order valence-corrected chi connectivity index (χ2v) is 7.74. The van der Waals surface area contributed by atoms with Crippen LogP contribution in [0.25, 0.3) is 0 Å². The maximum atomic E-state index is 11.9. The summed E-state index contributed by atoms with van der Waals surface area (Å²) in [4.78, 5) is 22.7. The first-order valence-electron chi connectivity index (χ1n) is 9.44. The average Bonchev–Trinajstić information content (AvgIpc) is 2.42. The van der Waals surface area contributed by atoms with Gasteiger partial charge in [-0.2, -0.15) is 0 Å². The fourth-order valence-electron chi connectivity index (χ4n) is 2.77. The first-order valence-corrected chi connectivity index (χ1v) is 9.44. The standard InChI is InChI=1S/C19H37NO4.ClH/c1-5-6-7-8-9-10-11-12-13-14-19(23)24-17(15-18(21)22)16-20(2,3)4;/h17H,5-16H2,1-4H3;1H. The highest BCUT2D eigenvalue weighted by molar-refractivity contribution is 5.85. The first-order chi connectivity index (χ1) is 11.2. The summed E-state index contributed by atoms with van der Waals surface area (Å²) in [6.45, 7) is 2.69. The van der Waals surface area contributed by atoms with Gasteiger partial charge in [0.15, 0.2) is 6.10 Å². The summed E-state index contributed by atoms with van der Waals surface area (Å²) >= 11 is 0. The number of carbonyl (C=O) groups excluding carboxylic acids is 2. The smallest absolute Gasteiger partial charge is 0.306 e. The van der Waals surface area contributed by atoms with Crippen LogP contribution in [0.1, 0.15) is 77.6 Å². The summed E-state index contributed by atoms with van der Waals surface area (Å²) in [5.41, 5.74) is 0. The van der Waals surface area contributed by atoms with Gasteiger partial charge in [0, 0.05) is 18.8 Å². The van der Waals surface area contributed by atoms with E-state index in [1.165, 1.54) is 38.5 Å². The van der Waals surface area contributed by atoms with Crippen LogP contribution in [0.5, 0.6) is 0 Å². The Labute approximate surface area is 160 Å². The molecule has 25 heavy (non-hydrogen) atoms. The molecule has 0 spiro atoms. The second-order valence-electron chi connectivity index (χ2n) is 7.74. The lowest BCUT2D eigenvalue weighted by Gasteiger charge is -2.29. The minimum absolute atomic E-state index is 0. The zero-order chi connectivity index (χ0) is 18.4. The molecule has 0 aromatic rings. The van der Waals surface area contributed by atoms with Gasteiger partial charge >= 0.3 is 5.97 Å². The van der Waals surface area contributed by atoms with Crippen molar-refractivity contribution < 1.29 is 23.9 Å². The van der Waals surface area contributed by atoms with Crippen LogP contribution in [-0.4, -0.2) is 50.2 Å². The Kier molecular flexibility index (Phi) is 16.3. The van der Waals surface area contributed by atoms with Crippen LogP contribution in [0.2, 0.25) is 0 Å². The molecule has 150 valence electrons. The van der Waals surface area contributed by atoms with E-state index in [0.717, 1.165) is 19.3 Å². The normalized spacial score (nSPS) is 12.3. The molecule has 0 fully saturated rings. The van der Waals surface area contributed by atoms with Gasteiger partial charge in [0.2, 0.25) is 0 Å². The van der Waals surface area contributed by atoms with Gasteiger partial charge in [0.05, 0.1) is 21.1 Å². The predicted molar refractivity (Wildman–Crippen MR) is 101 cm³/mol. The molecule has 0 saturated heterocycles. The molecule has 0 bridgehead atoms. The van der Waals surface area contributed by atoms with Gasteiger partial charge in [-0.25, -0.2) is 0 Å². The largest absolute Gasteiger partial charge is 0.550 e. The molecular weight excluding hydrogens is 342 g/mol. The zero-order valence-corrected chi connectivity index (χ0v) is 17.4. The minimum Gasteiger partial charge on any atom is -0.550 e. The van der Waals surface area contributed by atoms with E-state index >= 15 is 0 Å². The number of esters is 1. The van der Waals surface area contributed by atoms with Crippen molar-refractivity contribution >= 4 is 24.3 Å². The van der Waals surface area contributed by atoms with E-state index in [-0.39, 0.29) is 24.8 Å². The fourth-order valence-corrected chi connectivity index (χ4v) is 2.77. The van der Waals surface area contributed by atoms with Crippen LogP contribution in [-0.2, 0) is 14.3 Å². The SMILES string of the molecule is CCCCCCCCCCCC(=O)OC(CC(=O)[O-])C[N+](C)(C)C.Cl. The number of aliphatic carboxylic acids is 1. The summed E-state index contributed by atoms with van der Waals surface area (Å²) in [6.07, 6.45) is 10.3. The number of hydrogen-bond donors (Lipinski definition) is 0. The Morgan fingerprint density at radius 3 is 1.84 bits per heavy atom. The number of ether oxygens (including phenoxy) is 1. The lowest BCUT2D eigenvalue weighted by Crippen LogP contribution is -2.45. The number of likely N-dealkylation sites (N-methyl/N-ethyl adjacent to an activating group) is 1. The number of carboxylic acids is 1. The zero-order valence-electron chi connectivity index (χ0n) is 16.6. The van der Waals surface area contributed by atoms with Crippen molar-refractivity contribution in [1.29, 1.82) is 0 Å². The molecule has 0 aliphatic carbocycles.